The number of hydrogen-bond acceptors (Lipinski definition) is 6. The molecule has 0 aliphatic rings. The summed E-state index contributed by atoms with van der Waals surface area (Å²) in [7, 11) is -2.76. The fraction of sp³-hybridized carbons (Fsp3) is 0.409. The van der Waals surface area contributed by atoms with E-state index in [1.165, 1.54) is 4.90 Å². The number of primary amides is 1. The third kappa shape index (κ3) is 7.87. The van der Waals surface area contributed by atoms with Gasteiger partial charge in [0.1, 0.15) is 0 Å². The number of rotatable bonds is 13. The van der Waals surface area contributed by atoms with Gasteiger partial charge in [-0.3, -0.25) is 4.90 Å². The Balaban J connectivity index is 2.03. The van der Waals surface area contributed by atoms with Crippen LogP contribution in [0, 0.1) is 0 Å². The lowest BCUT2D eigenvalue weighted by Gasteiger charge is -2.29. The van der Waals surface area contributed by atoms with Gasteiger partial charge < -0.3 is 19.0 Å². The van der Waals surface area contributed by atoms with E-state index in [0.29, 0.717) is 50.2 Å². The van der Waals surface area contributed by atoms with Crippen molar-refractivity contribution in [2.45, 2.75) is 33.2 Å². The van der Waals surface area contributed by atoms with Gasteiger partial charge in [-0.25, -0.2) is 4.79 Å². The normalized spacial score (nSPS) is 11.7. The molecule has 0 unspecified atom stereocenters. The van der Waals surface area contributed by atoms with Gasteiger partial charge in [-0.2, -0.15) is 10.2 Å². The molecule has 0 bridgehead atoms. The van der Waals surface area contributed by atoms with E-state index in [9.17, 15) is 4.79 Å². The van der Waals surface area contributed by atoms with Crippen molar-refractivity contribution in [3.8, 4) is 0 Å². The Kier molecular flexibility index (Phi) is 10.3. The first-order chi connectivity index (χ1) is 15.0. The molecule has 2 N–H and O–H groups in total. The van der Waals surface area contributed by atoms with E-state index in [1.807, 2.05) is 63.2 Å². The Labute approximate surface area is 185 Å². The molecule has 9 heteroatoms. The van der Waals surface area contributed by atoms with Crippen LogP contribution in [0.15, 0.2) is 64.8 Å². The van der Waals surface area contributed by atoms with Gasteiger partial charge in [-0.05, 0) is 63.6 Å². The molecule has 2 aromatic rings. The summed E-state index contributed by atoms with van der Waals surface area (Å²) in [4.78, 5) is 13.6. The van der Waals surface area contributed by atoms with Crippen molar-refractivity contribution in [3.63, 3.8) is 0 Å². The SMILES string of the molecule is CCO[Si](CCCN(C(N)=O)c1ccc(N=Nc2ccccc2)cc1)(OCC)OCC. The largest absolute Gasteiger partial charge is 0.500 e. The van der Waals surface area contributed by atoms with Crippen LogP contribution in [0.4, 0.5) is 21.9 Å². The lowest BCUT2D eigenvalue weighted by molar-refractivity contribution is 0.0709. The molecule has 31 heavy (non-hydrogen) atoms. The lowest BCUT2D eigenvalue weighted by atomic mass is 10.2. The molecule has 2 aromatic carbocycles. The standard InChI is InChI=1S/C22H32N4O4Si/c1-4-28-31(29-5-2,30-6-3)18-10-17-26(22(23)27)21-15-13-20(14-16-21)25-24-19-11-8-7-9-12-19/h7-9,11-16H,4-6,10,17-18H2,1-3H3,(H2,23,27). The van der Waals surface area contributed by atoms with Gasteiger partial charge in [0.05, 0.1) is 11.4 Å². The molecular weight excluding hydrogens is 412 g/mol. The van der Waals surface area contributed by atoms with Crippen LogP contribution in [0.1, 0.15) is 27.2 Å². The van der Waals surface area contributed by atoms with E-state index in [0.717, 1.165) is 5.69 Å². The van der Waals surface area contributed by atoms with Crippen LogP contribution in [-0.4, -0.2) is 41.2 Å². The van der Waals surface area contributed by atoms with E-state index in [2.05, 4.69) is 10.2 Å². The topological polar surface area (TPSA) is 98.7 Å². The van der Waals surface area contributed by atoms with Crippen LogP contribution in [-0.2, 0) is 13.3 Å². The van der Waals surface area contributed by atoms with Crippen LogP contribution >= 0.6 is 0 Å². The number of carbonyl (C=O) groups is 1. The van der Waals surface area contributed by atoms with Crippen molar-refractivity contribution in [1.82, 2.24) is 0 Å². The number of nitrogens with two attached hydrogens (primary N) is 1. The summed E-state index contributed by atoms with van der Waals surface area (Å²) >= 11 is 0. The number of urea groups is 1. The maximum atomic E-state index is 12.1. The van der Waals surface area contributed by atoms with Gasteiger partial charge in [0.2, 0.25) is 0 Å². The number of carbonyl (C=O) groups excluding carboxylic acids is 1. The zero-order chi connectivity index (χ0) is 22.5. The number of anilines is 1. The first-order valence-corrected chi connectivity index (χ1v) is 12.5. The maximum absolute atomic E-state index is 12.1. The van der Waals surface area contributed by atoms with E-state index in [1.54, 1.807) is 12.1 Å². The van der Waals surface area contributed by atoms with E-state index >= 15 is 0 Å². The van der Waals surface area contributed by atoms with Crippen LogP contribution in [0.3, 0.4) is 0 Å². The molecule has 0 saturated carbocycles. The molecule has 0 spiro atoms. The average molecular weight is 445 g/mol. The Morgan fingerprint density at radius 3 is 1.87 bits per heavy atom. The summed E-state index contributed by atoms with van der Waals surface area (Å²) in [6, 6.07) is 16.8. The molecule has 0 radical (unpaired) electrons. The van der Waals surface area contributed by atoms with Crippen molar-refractivity contribution < 1.29 is 18.1 Å². The molecular formula is C22H32N4O4Si. The van der Waals surface area contributed by atoms with Gasteiger partial charge in [0, 0.05) is 38.1 Å². The second-order valence-corrected chi connectivity index (χ2v) is 9.36. The highest BCUT2D eigenvalue weighted by Gasteiger charge is 2.39. The molecule has 2 rings (SSSR count). The van der Waals surface area contributed by atoms with E-state index in [-0.39, 0.29) is 0 Å². The summed E-state index contributed by atoms with van der Waals surface area (Å²) in [5.74, 6) is 0. The third-order valence-electron chi connectivity index (χ3n) is 4.42. The van der Waals surface area contributed by atoms with Crippen LogP contribution in [0.2, 0.25) is 6.04 Å². The minimum absolute atomic E-state index is 0.433. The van der Waals surface area contributed by atoms with Gasteiger partial charge in [-0.15, -0.1) is 0 Å². The highest BCUT2D eigenvalue weighted by atomic mass is 28.4. The van der Waals surface area contributed by atoms with Crippen molar-refractivity contribution >= 4 is 31.9 Å². The minimum atomic E-state index is -2.76. The number of azo groups is 1. The quantitative estimate of drug-likeness (QED) is 0.329. The number of benzene rings is 2. The summed E-state index contributed by atoms with van der Waals surface area (Å²) < 4.78 is 17.6. The summed E-state index contributed by atoms with van der Waals surface area (Å²) in [6.07, 6.45) is 0.643. The monoisotopic (exact) mass is 444 g/mol. The summed E-state index contributed by atoms with van der Waals surface area (Å²) in [5, 5.41) is 8.42. The smallest absolute Gasteiger partial charge is 0.374 e. The van der Waals surface area contributed by atoms with Crippen molar-refractivity contribution in [2.24, 2.45) is 16.0 Å². The number of amides is 2. The Morgan fingerprint density at radius 1 is 0.871 bits per heavy atom. The van der Waals surface area contributed by atoms with Gasteiger partial charge in [-0.1, -0.05) is 18.2 Å². The Morgan fingerprint density at radius 2 is 1.39 bits per heavy atom. The highest BCUT2D eigenvalue weighted by molar-refractivity contribution is 6.60. The van der Waals surface area contributed by atoms with Gasteiger partial charge in [0.15, 0.2) is 0 Å². The second kappa shape index (κ2) is 13.0. The van der Waals surface area contributed by atoms with Crippen LogP contribution in [0.5, 0.6) is 0 Å². The van der Waals surface area contributed by atoms with Crippen molar-refractivity contribution in [3.05, 3.63) is 54.6 Å². The Hall–Kier alpha value is -2.59. The van der Waals surface area contributed by atoms with E-state index in [4.69, 9.17) is 19.0 Å². The zero-order valence-corrected chi connectivity index (χ0v) is 19.5. The van der Waals surface area contributed by atoms with Crippen LogP contribution < -0.4 is 10.6 Å². The molecule has 168 valence electrons. The molecule has 0 fully saturated rings. The number of nitrogens with zero attached hydrogens (tertiary/aromatic N) is 3. The predicted octanol–water partition coefficient (Wildman–Crippen LogP) is 5.43. The molecule has 8 nitrogen and oxygen atoms in total. The number of hydrogen-bond donors (Lipinski definition) is 1. The van der Waals surface area contributed by atoms with Gasteiger partial charge in [0.25, 0.3) is 0 Å². The summed E-state index contributed by atoms with van der Waals surface area (Å²) in [6.45, 7) is 7.76. The molecule has 0 heterocycles. The highest BCUT2D eigenvalue weighted by Crippen LogP contribution is 2.24. The lowest BCUT2D eigenvalue weighted by Crippen LogP contribution is -2.47. The van der Waals surface area contributed by atoms with Crippen LogP contribution in [0.25, 0.3) is 0 Å². The average Bonchev–Trinajstić information content (AvgIpc) is 2.77. The fourth-order valence-corrected chi connectivity index (χ4v) is 5.72. The Bertz CT molecular complexity index is 801. The summed E-state index contributed by atoms with van der Waals surface area (Å²) in [5.41, 5.74) is 7.79. The molecule has 0 atom stereocenters. The minimum Gasteiger partial charge on any atom is -0.374 e. The van der Waals surface area contributed by atoms with Crippen molar-refractivity contribution in [2.75, 3.05) is 31.3 Å². The first kappa shape index (κ1) is 24.7. The van der Waals surface area contributed by atoms with E-state index < -0.39 is 14.8 Å². The van der Waals surface area contributed by atoms with Gasteiger partial charge >= 0.3 is 14.8 Å². The molecule has 0 saturated heterocycles. The third-order valence-corrected chi connectivity index (χ3v) is 7.57. The first-order valence-electron chi connectivity index (χ1n) is 10.6. The molecule has 0 aliphatic heterocycles. The predicted molar refractivity (Wildman–Crippen MR) is 124 cm³/mol. The second-order valence-electron chi connectivity index (χ2n) is 6.63. The zero-order valence-electron chi connectivity index (χ0n) is 18.5. The fourth-order valence-electron chi connectivity index (χ4n) is 3.13. The molecule has 0 aromatic heterocycles. The molecule has 0 aliphatic carbocycles. The maximum Gasteiger partial charge on any atom is 0.500 e. The molecule has 2 amide bonds. The van der Waals surface area contributed by atoms with Crippen molar-refractivity contribution in [1.29, 1.82) is 0 Å².